The second-order valence-corrected chi connectivity index (χ2v) is 8.79. The lowest BCUT2D eigenvalue weighted by atomic mass is 9.79. The highest BCUT2D eigenvalue weighted by molar-refractivity contribution is 5.60. The summed E-state index contributed by atoms with van der Waals surface area (Å²) in [5.41, 5.74) is 2.06. The maximum Gasteiger partial charge on any atom is 0.136 e. The van der Waals surface area contributed by atoms with Gasteiger partial charge in [0.05, 0.1) is 18.0 Å². The lowest BCUT2D eigenvalue weighted by Crippen LogP contribution is -2.14. The van der Waals surface area contributed by atoms with E-state index in [-0.39, 0.29) is 5.82 Å². The summed E-state index contributed by atoms with van der Waals surface area (Å²) >= 11 is 0. The zero-order valence-electron chi connectivity index (χ0n) is 18.7. The molecule has 1 aliphatic carbocycles. The Bertz CT molecular complexity index is 754. The molecule has 0 atom stereocenters. The van der Waals surface area contributed by atoms with Crippen molar-refractivity contribution < 1.29 is 9.13 Å². The Morgan fingerprint density at radius 2 is 1.73 bits per heavy atom. The Kier molecular flexibility index (Phi) is 9.10. The molecule has 1 saturated carbocycles. The number of nitrogens with zero attached hydrogens (tertiary/aromatic N) is 2. The number of benzene rings is 1. The zero-order chi connectivity index (χ0) is 21.2. The van der Waals surface area contributed by atoms with Gasteiger partial charge in [0.1, 0.15) is 11.6 Å². The number of halogens is 1. The molecule has 0 unspecified atom stereocenters. The lowest BCUT2D eigenvalue weighted by Gasteiger charge is -2.27. The molecule has 0 aliphatic heterocycles. The summed E-state index contributed by atoms with van der Waals surface area (Å²) in [6, 6.07) is 8.90. The van der Waals surface area contributed by atoms with Crippen molar-refractivity contribution in [2.75, 3.05) is 6.61 Å². The normalized spacial score (nSPS) is 19.0. The number of aromatic nitrogens is 2. The molecule has 3 rings (SSSR count). The molecule has 30 heavy (non-hydrogen) atoms. The largest absolute Gasteiger partial charge is 0.493 e. The second kappa shape index (κ2) is 12.0. The van der Waals surface area contributed by atoms with E-state index in [1.54, 1.807) is 6.07 Å². The van der Waals surface area contributed by atoms with Gasteiger partial charge in [0.2, 0.25) is 0 Å². The van der Waals surface area contributed by atoms with Gasteiger partial charge in [-0.05, 0) is 55.4 Å². The molecule has 1 heterocycles. The summed E-state index contributed by atoms with van der Waals surface area (Å²) in [6.45, 7) is 5.12. The summed E-state index contributed by atoms with van der Waals surface area (Å²) in [6.07, 6.45) is 13.5. The van der Waals surface area contributed by atoms with Crippen molar-refractivity contribution in [3.8, 4) is 17.0 Å². The highest BCUT2D eigenvalue weighted by atomic mass is 19.1. The molecule has 0 radical (unpaired) electrons. The minimum atomic E-state index is -0.309. The van der Waals surface area contributed by atoms with Gasteiger partial charge in [-0.1, -0.05) is 65.2 Å². The molecule has 164 valence electrons. The predicted octanol–water partition coefficient (Wildman–Crippen LogP) is 7.39. The van der Waals surface area contributed by atoms with E-state index in [9.17, 15) is 4.39 Å². The Hall–Kier alpha value is -1.97. The van der Waals surface area contributed by atoms with E-state index in [0.717, 1.165) is 36.8 Å². The molecule has 1 aromatic carbocycles. The molecule has 0 spiro atoms. The first-order valence-electron chi connectivity index (χ1n) is 11.9. The van der Waals surface area contributed by atoms with Crippen molar-refractivity contribution in [3.63, 3.8) is 0 Å². The van der Waals surface area contributed by atoms with Crippen LogP contribution in [0.2, 0.25) is 0 Å². The van der Waals surface area contributed by atoms with Crippen molar-refractivity contribution in [1.29, 1.82) is 0 Å². The minimum absolute atomic E-state index is 0.309. The van der Waals surface area contributed by atoms with E-state index < -0.39 is 0 Å². The molecule has 1 fully saturated rings. The number of hydrogen-bond donors (Lipinski definition) is 0. The molecule has 0 amide bonds. The third-order valence-corrected chi connectivity index (χ3v) is 6.56. The highest BCUT2D eigenvalue weighted by Crippen LogP contribution is 2.33. The van der Waals surface area contributed by atoms with Crippen LogP contribution in [0, 0.1) is 17.7 Å². The fraction of sp³-hybridized carbons (Fsp3) is 0.615. The molecule has 0 saturated heterocycles. The van der Waals surface area contributed by atoms with Gasteiger partial charge in [0, 0.05) is 11.6 Å². The number of unbranched alkanes of at least 4 members (excludes halogenated alkanes) is 3. The van der Waals surface area contributed by atoms with E-state index in [4.69, 9.17) is 4.74 Å². The molecular weight excluding hydrogens is 375 g/mol. The van der Waals surface area contributed by atoms with Gasteiger partial charge >= 0.3 is 0 Å². The summed E-state index contributed by atoms with van der Waals surface area (Å²) in [4.78, 5) is 0. The van der Waals surface area contributed by atoms with E-state index >= 15 is 0 Å². The third-order valence-electron chi connectivity index (χ3n) is 6.56. The first-order chi connectivity index (χ1) is 14.7. The van der Waals surface area contributed by atoms with Gasteiger partial charge in [0.25, 0.3) is 0 Å². The zero-order valence-corrected chi connectivity index (χ0v) is 18.7. The van der Waals surface area contributed by atoms with Crippen molar-refractivity contribution in [2.24, 2.45) is 11.8 Å². The Labute approximate surface area is 181 Å². The fourth-order valence-electron chi connectivity index (χ4n) is 4.43. The first-order valence-corrected chi connectivity index (χ1v) is 11.9. The quantitative estimate of drug-likeness (QED) is 0.361. The molecule has 4 heteroatoms. The fourth-order valence-corrected chi connectivity index (χ4v) is 4.43. The van der Waals surface area contributed by atoms with E-state index in [1.807, 2.05) is 18.2 Å². The maximum absolute atomic E-state index is 14.6. The van der Waals surface area contributed by atoms with Crippen LogP contribution < -0.4 is 4.74 Å². The van der Waals surface area contributed by atoms with Gasteiger partial charge in [-0.15, -0.1) is 0 Å². The monoisotopic (exact) mass is 412 g/mol. The van der Waals surface area contributed by atoms with E-state index in [1.165, 1.54) is 57.4 Å². The van der Waals surface area contributed by atoms with Crippen LogP contribution in [0.5, 0.6) is 5.75 Å². The molecule has 3 nitrogen and oxygen atoms in total. The Morgan fingerprint density at radius 3 is 2.40 bits per heavy atom. The van der Waals surface area contributed by atoms with Crippen LogP contribution in [0.1, 0.15) is 83.7 Å². The summed E-state index contributed by atoms with van der Waals surface area (Å²) in [5.74, 6) is 2.03. The topological polar surface area (TPSA) is 35.0 Å². The predicted molar refractivity (Wildman–Crippen MR) is 121 cm³/mol. The van der Waals surface area contributed by atoms with E-state index in [2.05, 4.69) is 24.0 Å². The number of hydrogen-bond acceptors (Lipinski definition) is 3. The number of ether oxygens (including phenoxy) is 1. The van der Waals surface area contributed by atoms with Crippen LogP contribution in [0.4, 0.5) is 4.39 Å². The van der Waals surface area contributed by atoms with Crippen LogP contribution in [0.25, 0.3) is 11.3 Å². The van der Waals surface area contributed by atoms with Crippen LogP contribution in [0.15, 0.2) is 30.3 Å². The summed E-state index contributed by atoms with van der Waals surface area (Å²) in [5, 5.41) is 8.66. The van der Waals surface area contributed by atoms with Crippen molar-refractivity contribution in [2.45, 2.75) is 84.5 Å². The molecule has 1 aromatic heterocycles. The molecule has 0 bridgehead atoms. The summed E-state index contributed by atoms with van der Waals surface area (Å²) < 4.78 is 20.2. The van der Waals surface area contributed by atoms with Gasteiger partial charge < -0.3 is 4.74 Å². The highest BCUT2D eigenvalue weighted by Gasteiger charge is 2.20. The standard InChI is InChI=1S/C26H37FN2O/c1-3-5-6-7-18-30-23-15-16-24(25(27)19-23)26-17-14-22(28-29-26)13-12-21-10-8-20(4-2)9-11-21/h14-17,19-21H,3-13,18H2,1-2H3. The average Bonchev–Trinajstić information content (AvgIpc) is 2.78. The van der Waals surface area contributed by atoms with Gasteiger partial charge in [-0.25, -0.2) is 4.39 Å². The molecule has 1 aliphatic rings. The molecule has 2 aromatic rings. The van der Waals surface area contributed by atoms with Gasteiger partial charge in [-0.3, -0.25) is 0 Å². The van der Waals surface area contributed by atoms with Crippen LogP contribution in [0.3, 0.4) is 0 Å². The van der Waals surface area contributed by atoms with E-state index in [0.29, 0.717) is 23.6 Å². The van der Waals surface area contributed by atoms with Crippen LogP contribution in [-0.4, -0.2) is 16.8 Å². The smallest absolute Gasteiger partial charge is 0.136 e. The van der Waals surface area contributed by atoms with Crippen LogP contribution >= 0.6 is 0 Å². The number of aryl methyl sites for hydroxylation is 1. The maximum atomic E-state index is 14.6. The summed E-state index contributed by atoms with van der Waals surface area (Å²) in [7, 11) is 0. The van der Waals surface area contributed by atoms with Crippen molar-refractivity contribution >= 4 is 0 Å². The van der Waals surface area contributed by atoms with Gasteiger partial charge in [-0.2, -0.15) is 10.2 Å². The average molecular weight is 413 g/mol. The molecular formula is C26H37FN2O. The minimum Gasteiger partial charge on any atom is -0.493 e. The first kappa shape index (κ1) is 22.7. The lowest BCUT2D eigenvalue weighted by molar-refractivity contribution is 0.258. The SMILES string of the molecule is CCCCCCOc1ccc(-c2ccc(CCC3CCC(CC)CC3)nn2)c(F)c1. The second-order valence-electron chi connectivity index (χ2n) is 8.79. The van der Waals surface area contributed by atoms with Crippen molar-refractivity contribution in [3.05, 3.63) is 41.8 Å². The van der Waals surface area contributed by atoms with Gasteiger partial charge in [0.15, 0.2) is 0 Å². The molecule has 0 N–H and O–H groups in total. The van der Waals surface area contributed by atoms with Crippen LogP contribution in [-0.2, 0) is 6.42 Å². The third kappa shape index (κ3) is 6.78. The van der Waals surface area contributed by atoms with Crippen molar-refractivity contribution in [1.82, 2.24) is 10.2 Å². The number of rotatable bonds is 11. The Morgan fingerprint density at radius 1 is 0.933 bits per heavy atom. The Balaban J connectivity index is 1.49.